The second-order valence-corrected chi connectivity index (χ2v) is 7.35. The normalized spacial score (nSPS) is 20.7. The number of fused-ring (bicyclic) bond motifs is 1. The standard InChI is InChI=1S/C21H17F2N3O2S/c1-12-6-7-13-10-14(22)8-9-17(13)25(12)11-15-19(27)24-21(29)26(20(15)28)18-5-3-2-4-16(18)23/h2-5,8-12H,6-7H2,1H3,(H,24,27,29)/b15-11-. The van der Waals surface area contributed by atoms with Gasteiger partial charge in [0, 0.05) is 17.9 Å². The van der Waals surface area contributed by atoms with Crippen LogP contribution in [0.2, 0.25) is 0 Å². The van der Waals surface area contributed by atoms with Crippen molar-refractivity contribution in [3.05, 3.63) is 71.4 Å². The van der Waals surface area contributed by atoms with E-state index in [4.69, 9.17) is 12.2 Å². The van der Waals surface area contributed by atoms with Crippen LogP contribution in [0.3, 0.4) is 0 Å². The van der Waals surface area contributed by atoms with Crippen LogP contribution in [-0.2, 0) is 16.0 Å². The molecule has 0 saturated carbocycles. The number of carbonyl (C=O) groups excluding carboxylic acids is 2. The zero-order chi connectivity index (χ0) is 20.7. The first kappa shape index (κ1) is 19.2. The van der Waals surface area contributed by atoms with E-state index in [9.17, 15) is 18.4 Å². The van der Waals surface area contributed by atoms with Crippen molar-refractivity contribution in [2.24, 2.45) is 0 Å². The number of carbonyl (C=O) groups is 2. The molecule has 1 unspecified atom stereocenters. The molecule has 29 heavy (non-hydrogen) atoms. The number of nitrogens with zero attached hydrogens (tertiary/aromatic N) is 2. The summed E-state index contributed by atoms with van der Waals surface area (Å²) in [5.74, 6) is -2.35. The SMILES string of the molecule is CC1CCc2cc(F)ccc2N1/C=C1/C(=O)NC(=S)N(c2ccccc2F)C1=O. The molecule has 2 amide bonds. The Morgan fingerprint density at radius 3 is 2.66 bits per heavy atom. The van der Waals surface area contributed by atoms with E-state index in [1.54, 1.807) is 17.0 Å². The van der Waals surface area contributed by atoms with Gasteiger partial charge in [0.2, 0.25) is 0 Å². The summed E-state index contributed by atoms with van der Waals surface area (Å²) in [7, 11) is 0. The summed E-state index contributed by atoms with van der Waals surface area (Å²) in [6, 6.07) is 10.1. The van der Waals surface area contributed by atoms with Gasteiger partial charge in [0.15, 0.2) is 5.11 Å². The Labute approximate surface area is 171 Å². The maximum atomic E-state index is 14.3. The molecule has 1 N–H and O–H groups in total. The first-order valence-electron chi connectivity index (χ1n) is 9.09. The minimum absolute atomic E-state index is 0.0168. The molecule has 2 aromatic rings. The van der Waals surface area contributed by atoms with Crippen molar-refractivity contribution >= 4 is 40.5 Å². The number of aryl methyl sites for hydroxylation is 1. The number of para-hydroxylation sites is 1. The quantitative estimate of drug-likeness (QED) is 0.466. The van der Waals surface area contributed by atoms with Gasteiger partial charge >= 0.3 is 0 Å². The van der Waals surface area contributed by atoms with Crippen LogP contribution in [0.5, 0.6) is 0 Å². The van der Waals surface area contributed by atoms with Gasteiger partial charge < -0.3 is 4.90 Å². The average molecular weight is 413 g/mol. The molecule has 1 saturated heterocycles. The minimum Gasteiger partial charge on any atom is -0.344 e. The highest BCUT2D eigenvalue weighted by atomic mass is 32.1. The summed E-state index contributed by atoms with van der Waals surface area (Å²) in [5, 5.41) is 2.27. The van der Waals surface area contributed by atoms with Crippen molar-refractivity contribution in [2.45, 2.75) is 25.8 Å². The number of amides is 2. The molecule has 0 radical (unpaired) electrons. The highest BCUT2D eigenvalue weighted by Crippen LogP contribution is 2.33. The molecule has 0 bridgehead atoms. The van der Waals surface area contributed by atoms with Crippen LogP contribution >= 0.6 is 12.2 Å². The van der Waals surface area contributed by atoms with E-state index in [1.807, 2.05) is 6.92 Å². The predicted octanol–water partition coefficient (Wildman–Crippen LogP) is 3.44. The summed E-state index contributed by atoms with van der Waals surface area (Å²) < 4.78 is 27.9. The lowest BCUT2D eigenvalue weighted by Gasteiger charge is -2.36. The molecule has 2 aromatic carbocycles. The van der Waals surface area contributed by atoms with Gasteiger partial charge in [0.25, 0.3) is 11.8 Å². The zero-order valence-corrected chi connectivity index (χ0v) is 16.3. The second-order valence-electron chi connectivity index (χ2n) is 6.96. The molecule has 2 heterocycles. The maximum absolute atomic E-state index is 14.3. The second kappa shape index (κ2) is 7.36. The predicted molar refractivity (Wildman–Crippen MR) is 109 cm³/mol. The third-order valence-corrected chi connectivity index (χ3v) is 5.37. The monoisotopic (exact) mass is 413 g/mol. The molecule has 8 heteroatoms. The number of benzene rings is 2. The van der Waals surface area contributed by atoms with Gasteiger partial charge in [0.1, 0.15) is 17.2 Å². The minimum atomic E-state index is -0.717. The van der Waals surface area contributed by atoms with E-state index in [2.05, 4.69) is 5.32 Å². The van der Waals surface area contributed by atoms with Crippen molar-refractivity contribution < 1.29 is 18.4 Å². The molecular weight excluding hydrogens is 396 g/mol. The van der Waals surface area contributed by atoms with Crippen molar-refractivity contribution in [3.8, 4) is 0 Å². The molecule has 1 atom stereocenters. The van der Waals surface area contributed by atoms with E-state index in [0.29, 0.717) is 6.42 Å². The number of nitrogens with one attached hydrogen (secondary N) is 1. The molecular formula is C21H17F2N3O2S. The Hall–Kier alpha value is -3.13. The summed E-state index contributed by atoms with van der Waals surface area (Å²) in [6.07, 6.45) is 2.86. The summed E-state index contributed by atoms with van der Waals surface area (Å²) >= 11 is 5.10. The lowest BCUT2D eigenvalue weighted by atomic mass is 9.96. The lowest BCUT2D eigenvalue weighted by Crippen LogP contribution is -2.55. The number of halogens is 2. The Balaban J connectivity index is 1.77. The fourth-order valence-corrected chi connectivity index (χ4v) is 3.85. The third-order valence-electron chi connectivity index (χ3n) is 5.09. The summed E-state index contributed by atoms with van der Waals surface area (Å²) in [5.41, 5.74) is 1.31. The van der Waals surface area contributed by atoms with Gasteiger partial charge in [-0.3, -0.25) is 14.9 Å². The molecule has 0 aliphatic carbocycles. The van der Waals surface area contributed by atoms with Crippen molar-refractivity contribution in [1.82, 2.24) is 5.32 Å². The van der Waals surface area contributed by atoms with E-state index in [-0.39, 0.29) is 28.2 Å². The van der Waals surface area contributed by atoms with Gasteiger partial charge in [-0.1, -0.05) is 12.1 Å². The molecule has 0 spiro atoms. The number of anilines is 2. The van der Waals surface area contributed by atoms with Crippen LogP contribution < -0.4 is 15.1 Å². The Kier molecular flexibility index (Phi) is 4.87. The molecule has 148 valence electrons. The molecule has 2 aliphatic rings. The van der Waals surface area contributed by atoms with E-state index >= 15 is 0 Å². The first-order valence-corrected chi connectivity index (χ1v) is 9.50. The fraction of sp³-hybridized carbons (Fsp3) is 0.190. The molecule has 4 rings (SSSR count). The van der Waals surface area contributed by atoms with E-state index in [0.717, 1.165) is 22.6 Å². The Morgan fingerprint density at radius 2 is 1.90 bits per heavy atom. The van der Waals surface area contributed by atoms with Crippen LogP contribution in [-0.4, -0.2) is 23.0 Å². The van der Waals surface area contributed by atoms with Gasteiger partial charge in [-0.25, -0.2) is 13.7 Å². The first-order chi connectivity index (χ1) is 13.9. The van der Waals surface area contributed by atoms with Crippen molar-refractivity contribution in [3.63, 3.8) is 0 Å². The number of rotatable bonds is 2. The van der Waals surface area contributed by atoms with Gasteiger partial charge in [-0.05, 0) is 67.9 Å². The van der Waals surface area contributed by atoms with Gasteiger partial charge in [0.05, 0.1) is 5.69 Å². The Bertz CT molecular complexity index is 1070. The maximum Gasteiger partial charge on any atom is 0.271 e. The summed E-state index contributed by atoms with van der Waals surface area (Å²) in [4.78, 5) is 28.4. The molecule has 5 nitrogen and oxygen atoms in total. The number of hydrogen-bond donors (Lipinski definition) is 1. The van der Waals surface area contributed by atoms with Crippen LogP contribution in [0, 0.1) is 11.6 Å². The van der Waals surface area contributed by atoms with Gasteiger partial charge in [-0.2, -0.15) is 0 Å². The van der Waals surface area contributed by atoms with Crippen LogP contribution in [0.15, 0.2) is 54.2 Å². The third kappa shape index (κ3) is 3.40. The van der Waals surface area contributed by atoms with Crippen LogP contribution in [0.4, 0.5) is 20.2 Å². The lowest BCUT2D eigenvalue weighted by molar-refractivity contribution is -0.122. The number of hydrogen-bond acceptors (Lipinski definition) is 4. The fourth-order valence-electron chi connectivity index (χ4n) is 3.58. The van der Waals surface area contributed by atoms with Crippen molar-refractivity contribution in [2.75, 3.05) is 9.80 Å². The molecule has 0 aromatic heterocycles. The largest absolute Gasteiger partial charge is 0.344 e. The smallest absolute Gasteiger partial charge is 0.271 e. The van der Waals surface area contributed by atoms with Crippen LogP contribution in [0.25, 0.3) is 0 Å². The Morgan fingerprint density at radius 1 is 1.14 bits per heavy atom. The topological polar surface area (TPSA) is 52.7 Å². The van der Waals surface area contributed by atoms with E-state index < -0.39 is 17.6 Å². The molecule has 2 aliphatic heterocycles. The highest BCUT2D eigenvalue weighted by Gasteiger charge is 2.37. The highest BCUT2D eigenvalue weighted by molar-refractivity contribution is 7.80. The van der Waals surface area contributed by atoms with E-state index in [1.165, 1.54) is 36.5 Å². The van der Waals surface area contributed by atoms with Crippen molar-refractivity contribution in [1.29, 1.82) is 0 Å². The van der Waals surface area contributed by atoms with Crippen LogP contribution in [0.1, 0.15) is 18.9 Å². The number of thiocarbonyl (C=S) groups is 1. The molecule has 1 fully saturated rings. The average Bonchev–Trinajstić information content (AvgIpc) is 2.68. The van der Waals surface area contributed by atoms with Gasteiger partial charge in [-0.15, -0.1) is 0 Å². The zero-order valence-electron chi connectivity index (χ0n) is 15.5. The summed E-state index contributed by atoms with van der Waals surface area (Å²) in [6.45, 7) is 1.95.